The summed E-state index contributed by atoms with van der Waals surface area (Å²) < 4.78 is 1.83. The zero-order valence-corrected chi connectivity index (χ0v) is 14.3. The number of fused-ring (bicyclic) bond motifs is 1. The van der Waals surface area contributed by atoms with Crippen molar-refractivity contribution in [3.63, 3.8) is 0 Å². The molecule has 5 rings (SSSR count). The van der Waals surface area contributed by atoms with Gasteiger partial charge in [0, 0.05) is 29.8 Å². The second-order valence-electron chi connectivity index (χ2n) is 6.92. The van der Waals surface area contributed by atoms with Gasteiger partial charge in [0.15, 0.2) is 5.82 Å². The summed E-state index contributed by atoms with van der Waals surface area (Å²) in [5.41, 5.74) is 3.09. The summed E-state index contributed by atoms with van der Waals surface area (Å²) in [5.74, 6) is 1.53. The van der Waals surface area contributed by atoms with Gasteiger partial charge in [-0.15, -0.1) is 0 Å². The molecule has 1 saturated carbocycles. The Morgan fingerprint density at radius 3 is 2.85 bits per heavy atom. The number of rotatable bonds is 4. The lowest BCUT2D eigenvalue weighted by Gasteiger charge is -2.42. The van der Waals surface area contributed by atoms with Gasteiger partial charge in [0.2, 0.25) is 0 Å². The maximum absolute atomic E-state index is 10.2. The minimum Gasteiger partial charge on any atom is -0.391 e. The molecule has 0 amide bonds. The Morgan fingerprint density at radius 1 is 1.12 bits per heavy atom. The molecule has 0 spiro atoms. The highest BCUT2D eigenvalue weighted by Gasteiger charge is 2.42. The van der Waals surface area contributed by atoms with Crippen LogP contribution in [0.15, 0.2) is 42.9 Å². The van der Waals surface area contributed by atoms with Gasteiger partial charge in [0.25, 0.3) is 0 Å². The number of nitrogens with zero attached hydrogens (tertiary/aromatic N) is 5. The van der Waals surface area contributed by atoms with Gasteiger partial charge in [-0.25, -0.2) is 9.97 Å². The van der Waals surface area contributed by atoms with Crippen LogP contribution in [0, 0.1) is 0 Å². The van der Waals surface area contributed by atoms with Crippen molar-refractivity contribution in [2.75, 3.05) is 5.32 Å². The van der Waals surface area contributed by atoms with E-state index in [-0.39, 0.29) is 12.1 Å². The van der Waals surface area contributed by atoms with E-state index in [1.165, 1.54) is 5.56 Å². The van der Waals surface area contributed by atoms with Crippen molar-refractivity contribution < 1.29 is 5.11 Å². The van der Waals surface area contributed by atoms with Gasteiger partial charge in [-0.1, -0.05) is 6.07 Å². The molecule has 3 heterocycles. The highest BCUT2D eigenvalue weighted by atomic mass is 16.3. The Morgan fingerprint density at radius 2 is 2.08 bits per heavy atom. The molecule has 0 unspecified atom stereocenters. The molecule has 7 nitrogen and oxygen atoms in total. The molecule has 1 fully saturated rings. The number of nitrogens with one attached hydrogen (secondary N) is 1. The quantitative estimate of drug-likeness (QED) is 0.750. The first-order valence-electron chi connectivity index (χ1n) is 9.04. The monoisotopic (exact) mass is 348 g/mol. The summed E-state index contributed by atoms with van der Waals surface area (Å²) in [7, 11) is 0. The van der Waals surface area contributed by atoms with E-state index < -0.39 is 6.10 Å². The smallest absolute Gasteiger partial charge is 0.180 e. The van der Waals surface area contributed by atoms with Crippen molar-refractivity contribution >= 4 is 5.82 Å². The second-order valence-corrected chi connectivity index (χ2v) is 6.92. The molecule has 3 atom stereocenters. The summed E-state index contributed by atoms with van der Waals surface area (Å²) in [6, 6.07) is 7.67. The van der Waals surface area contributed by atoms with Crippen molar-refractivity contribution in [3.8, 4) is 11.5 Å². The van der Waals surface area contributed by atoms with E-state index in [1.54, 1.807) is 12.4 Å². The molecule has 7 heteroatoms. The third-order valence-corrected chi connectivity index (χ3v) is 5.28. The summed E-state index contributed by atoms with van der Waals surface area (Å²) in [5, 5.41) is 18.1. The van der Waals surface area contributed by atoms with Crippen LogP contribution in [-0.2, 0) is 12.8 Å². The normalized spacial score (nSPS) is 24.1. The maximum atomic E-state index is 10.2. The van der Waals surface area contributed by atoms with Crippen molar-refractivity contribution in [1.82, 2.24) is 24.7 Å². The van der Waals surface area contributed by atoms with Crippen LogP contribution in [0.4, 0.5) is 5.82 Å². The predicted octanol–water partition coefficient (Wildman–Crippen LogP) is 2.01. The van der Waals surface area contributed by atoms with E-state index in [4.69, 9.17) is 9.97 Å². The average Bonchev–Trinajstić information content (AvgIpc) is 3.33. The number of aliphatic hydroxyl groups is 1. The highest BCUT2D eigenvalue weighted by molar-refractivity contribution is 5.58. The Bertz CT molecular complexity index is 911. The number of hydrogen-bond donors (Lipinski definition) is 2. The molecule has 0 saturated heterocycles. The van der Waals surface area contributed by atoms with Crippen molar-refractivity contribution in [3.05, 3.63) is 54.1 Å². The maximum Gasteiger partial charge on any atom is 0.180 e. The van der Waals surface area contributed by atoms with E-state index in [1.807, 2.05) is 35.1 Å². The van der Waals surface area contributed by atoms with Gasteiger partial charge >= 0.3 is 0 Å². The Balaban J connectivity index is 1.48. The molecule has 0 aliphatic heterocycles. The number of pyridine rings is 1. The molecule has 2 aliphatic rings. The zero-order chi connectivity index (χ0) is 17.5. The lowest BCUT2D eigenvalue weighted by molar-refractivity contribution is 0.0133. The van der Waals surface area contributed by atoms with Crippen molar-refractivity contribution in [1.29, 1.82) is 0 Å². The fourth-order valence-electron chi connectivity index (χ4n) is 3.91. The minimum absolute atomic E-state index is 0.0738. The van der Waals surface area contributed by atoms with Gasteiger partial charge in [-0.3, -0.25) is 9.67 Å². The molecular weight excluding hydrogens is 328 g/mol. The molecule has 0 radical (unpaired) electrons. The largest absolute Gasteiger partial charge is 0.391 e. The zero-order valence-electron chi connectivity index (χ0n) is 14.3. The van der Waals surface area contributed by atoms with Gasteiger partial charge in [-0.05, 0) is 43.9 Å². The van der Waals surface area contributed by atoms with Crippen LogP contribution in [0.25, 0.3) is 11.5 Å². The lowest BCUT2D eigenvalue weighted by atomic mass is 9.83. The molecule has 26 heavy (non-hydrogen) atoms. The SMILES string of the molecule is O[C@@H]1C[C@H](Nc2nc(-c3ccccn3)nc3c2CCC3)[C@H]1n1cccn1. The first-order chi connectivity index (χ1) is 12.8. The van der Waals surface area contributed by atoms with E-state index >= 15 is 0 Å². The molecular formula is C19H20N6O. The number of aliphatic hydroxyl groups excluding tert-OH is 1. The van der Waals surface area contributed by atoms with Gasteiger partial charge in [-0.2, -0.15) is 5.10 Å². The highest BCUT2D eigenvalue weighted by Crippen LogP contribution is 2.37. The number of hydrogen-bond acceptors (Lipinski definition) is 6. The number of aromatic nitrogens is 5. The number of anilines is 1. The first-order valence-corrected chi connectivity index (χ1v) is 9.04. The van der Waals surface area contributed by atoms with Crippen LogP contribution in [-0.4, -0.2) is 42.0 Å². The van der Waals surface area contributed by atoms with Gasteiger partial charge < -0.3 is 10.4 Å². The third kappa shape index (κ3) is 2.55. The molecule has 3 aromatic rings. The lowest BCUT2D eigenvalue weighted by Crippen LogP contribution is -2.51. The first kappa shape index (κ1) is 15.5. The second kappa shape index (κ2) is 6.17. The number of aryl methyl sites for hydroxylation is 1. The summed E-state index contributed by atoms with van der Waals surface area (Å²) in [6.45, 7) is 0. The summed E-state index contributed by atoms with van der Waals surface area (Å²) >= 11 is 0. The van der Waals surface area contributed by atoms with Crippen molar-refractivity contribution in [2.24, 2.45) is 0 Å². The van der Waals surface area contributed by atoms with Crippen LogP contribution in [0.5, 0.6) is 0 Å². The van der Waals surface area contributed by atoms with Gasteiger partial charge in [0.05, 0.1) is 18.2 Å². The van der Waals surface area contributed by atoms with E-state index in [0.29, 0.717) is 12.2 Å². The fraction of sp³-hybridized carbons (Fsp3) is 0.368. The molecule has 3 aromatic heterocycles. The third-order valence-electron chi connectivity index (χ3n) is 5.28. The van der Waals surface area contributed by atoms with Gasteiger partial charge in [0.1, 0.15) is 11.5 Å². The molecule has 132 valence electrons. The van der Waals surface area contributed by atoms with Crippen LogP contribution in [0.3, 0.4) is 0 Å². The van der Waals surface area contributed by atoms with Crippen LogP contribution >= 0.6 is 0 Å². The Labute approximate surface area is 151 Å². The average molecular weight is 348 g/mol. The van der Waals surface area contributed by atoms with E-state index in [0.717, 1.165) is 36.5 Å². The molecule has 2 N–H and O–H groups in total. The fourth-order valence-corrected chi connectivity index (χ4v) is 3.91. The Hall–Kier alpha value is -2.80. The summed E-state index contributed by atoms with van der Waals surface area (Å²) in [4.78, 5) is 13.9. The standard InChI is InChI=1S/C19H20N6O/c26-16-11-15(17(16)25-10-4-9-21-25)23-18-12-5-3-7-13(12)22-19(24-18)14-6-1-2-8-20-14/h1-2,4,6,8-10,15-17,26H,3,5,7,11H2,(H,22,23,24)/t15-,16+,17+/m0/s1. The van der Waals surface area contributed by atoms with Crippen LogP contribution in [0.2, 0.25) is 0 Å². The Kier molecular flexibility index (Phi) is 3.67. The van der Waals surface area contributed by atoms with E-state index in [9.17, 15) is 5.11 Å². The van der Waals surface area contributed by atoms with Crippen molar-refractivity contribution in [2.45, 2.75) is 43.9 Å². The topological polar surface area (TPSA) is 88.8 Å². The van der Waals surface area contributed by atoms with Crippen LogP contribution < -0.4 is 5.32 Å². The van der Waals surface area contributed by atoms with Crippen LogP contribution in [0.1, 0.15) is 30.1 Å². The molecule has 0 aromatic carbocycles. The molecule has 0 bridgehead atoms. The minimum atomic E-state index is -0.391. The predicted molar refractivity (Wildman–Crippen MR) is 96.6 cm³/mol. The van der Waals surface area contributed by atoms with E-state index in [2.05, 4.69) is 15.4 Å². The summed E-state index contributed by atoms with van der Waals surface area (Å²) in [6.07, 6.45) is 8.74. The molecule has 2 aliphatic carbocycles.